The summed E-state index contributed by atoms with van der Waals surface area (Å²) in [7, 11) is 0. The van der Waals surface area contributed by atoms with Crippen LogP contribution in [-0.2, 0) is 19.6 Å². The number of hydrogen-bond acceptors (Lipinski definition) is 4. The van der Waals surface area contributed by atoms with Crippen molar-refractivity contribution < 1.29 is 13.2 Å². The maximum absolute atomic E-state index is 12.2. The number of imidazole rings is 1. The molecule has 0 amide bonds. The summed E-state index contributed by atoms with van der Waals surface area (Å²) in [5.41, 5.74) is -2.41. The highest BCUT2D eigenvalue weighted by Crippen LogP contribution is 2.30. The molecule has 0 aliphatic carbocycles. The van der Waals surface area contributed by atoms with Crippen LogP contribution < -0.4 is 5.32 Å². The molecular weight excluding hydrogens is 315 g/mol. The summed E-state index contributed by atoms with van der Waals surface area (Å²) in [5, 5.41) is 7.85. The largest absolute Gasteiger partial charge is 0.441 e. The van der Waals surface area contributed by atoms with E-state index in [1.54, 1.807) is 17.0 Å². The zero-order valence-corrected chi connectivity index (χ0v) is 12.6. The Labute approximate surface area is 129 Å². The number of rotatable bonds is 4. The molecule has 2 aromatic rings. The lowest BCUT2D eigenvalue weighted by atomic mass is 10.3. The second kappa shape index (κ2) is 6.33. The van der Waals surface area contributed by atoms with Crippen LogP contribution in [0.3, 0.4) is 0 Å². The fourth-order valence-electron chi connectivity index (χ4n) is 2.45. The van der Waals surface area contributed by atoms with Gasteiger partial charge in [-0.25, -0.2) is 4.98 Å². The Bertz CT molecular complexity index is 610. The van der Waals surface area contributed by atoms with Gasteiger partial charge in [0.25, 0.3) is 0 Å². The summed E-state index contributed by atoms with van der Waals surface area (Å²) in [6.07, 6.45) is 4.29. The summed E-state index contributed by atoms with van der Waals surface area (Å²) in [4.78, 5) is 4.24. The lowest BCUT2D eigenvalue weighted by Crippen LogP contribution is -2.11. The molecule has 2 aromatic heterocycles. The number of aryl methyl sites for hydroxylation is 2. The summed E-state index contributed by atoms with van der Waals surface area (Å²) in [5.74, 6) is 0.575. The summed E-state index contributed by atoms with van der Waals surface area (Å²) in [6.45, 7) is 2.80. The first-order valence-electron chi connectivity index (χ1n) is 7.02. The highest BCUT2D eigenvalue weighted by molar-refractivity contribution is 8.00. The van der Waals surface area contributed by atoms with E-state index in [9.17, 15) is 13.2 Å². The second-order valence-corrected chi connectivity index (χ2v) is 6.17. The molecule has 0 bridgehead atoms. The molecule has 3 heterocycles. The van der Waals surface area contributed by atoms with Crippen molar-refractivity contribution >= 4 is 11.8 Å². The molecule has 1 aliphatic rings. The van der Waals surface area contributed by atoms with Crippen LogP contribution in [0.4, 0.5) is 13.2 Å². The Hall–Kier alpha value is -1.48. The Kier molecular flexibility index (Phi) is 4.44. The van der Waals surface area contributed by atoms with Gasteiger partial charge in [-0.15, -0.1) is 0 Å². The van der Waals surface area contributed by atoms with E-state index in [2.05, 4.69) is 15.4 Å². The van der Waals surface area contributed by atoms with Gasteiger partial charge in [-0.2, -0.15) is 18.3 Å². The number of halogens is 3. The summed E-state index contributed by atoms with van der Waals surface area (Å²) in [6, 6.07) is 1.95. The predicted octanol–water partition coefficient (Wildman–Crippen LogP) is 2.49. The Morgan fingerprint density at radius 3 is 3.05 bits per heavy atom. The van der Waals surface area contributed by atoms with Gasteiger partial charge in [0.2, 0.25) is 0 Å². The fourth-order valence-corrected chi connectivity index (χ4v) is 2.97. The number of nitrogens with one attached hydrogen (secondary N) is 1. The van der Waals surface area contributed by atoms with Crippen LogP contribution >= 0.6 is 11.8 Å². The number of alkyl halides is 3. The minimum absolute atomic E-state index is 0.0184. The Balaban J connectivity index is 1.74. The van der Waals surface area contributed by atoms with Crippen molar-refractivity contribution in [1.82, 2.24) is 24.6 Å². The number of thioether (sulfide) groups is 1. The molecule has 0 aromatic carbocycles. The minimum Gasteiger partial charge on any atom is -0.329 e. The van der Waals surface area contributed by atoms with Crippen molar-refractivity contribution in [2.24, 2.45) is 0 Å². The van der Waals surface area contributed by atoms with E-state index in [1.807, 2.05) is 10.7 Å². The first-order valence-corrected chi connectivity index (χ1v) is 8.01. The van der Waals surface area contributed by atoms with Crippen molar-refractivity contribution in [3.8, 4) is 11.5 Å². The molecule has 0 saturated carbocycles. The quantitative estimate of drug-likeness (QED) is 0.935. The van der Waals surface area contributed by atoms with Crippen LogP contribution in [0.15, 0.2) is 18.5 Å². The molecule has 0 saturated heterocycles. The van der Waals surface area contributed by atoms with E-state index in [0.29, 0.717) is 11.5 Å². The maximum atomic E-state index is 12.2. The van der Waals surface area contributed by atoms with Crippen LogP contribution in [-0.4, -0.2) is 37.1 Å². The van der Waals surface area contributed by atoms with E-state index in [4.69, 9.17) is 0 Å². The average Bonchev–Trinajstić information content (AvgIpc) is 2.99. The van der Waals surface area contributed by atoms with Gasteiger partial charge in [-0.3, -0.25) is 4.68 Å². The highest BCUT2D eigenvalue weighted by atomic mass is 32.2. The molecule has 5 nitrogen and oxygen atoms in total. The number of fused-ring (bicyclic) bond motifs is 1. The van der Waals surface area contributed by atoms with E-state index in [0.717, 1.165) is 31.7 Å². The smallest absolute Gasteiger partial charge is 0.329 e. The van der Waals surface area contributed by atoms with Gasteiger partial charge >= 0.3 is 5.51 Å². The second-order valence-electron chi connectivity index (χ2n) is 5.01. The lowest BCUT2D eigenvalue weighted by molar-refractivity contribution is -0.0328. The number of hydrogen-bond donors (Lipinski definition) is 1. The number of aromatic nitrogens is 4. The van der Waals surface area contributed by atoms with E-state index >= 15 is 0 Å². The zero-order valence-electron chi connectivity index (χ0n) is 11.8. The number of nitrogens with zero attached hydrogens (tertiary/aromatic N) is 4. The molecule has 0 fully saturated rings. The zero-order chi connectivity index (χ0) is 15.6. The molecule has 120 valence electrons. The monoisotopic (exact) mass is 331 g/mol. The first kappa shape index (κ1) is 15.4. The van der Waals surface area contributed by atoms with Gasteiger partial charge in [0.15, 0.2) is 5.82 Å². The third-order valence-corrected chi connectivity index (χ3v) is 4.15. The fraction of sp³-hybridized carbons (Fsp3) is 0.538. The SMILES string of the molecule is FC(F)(F)SCCn1ccnc1-c1cc2n(n1)CCCNC2. The van der Waals surface area contributed by atoms with Gasteiger partial charge < -0.3 is 9.88 Å². The molecular formula is C13H16F3N5S. The molecule has 1 N–H and O–H groups in total. The molecule has 0 radical (unpaired) electrons. The third-order valence-electron chi connectivity index (χ3n) is 3.44. The maximum Gasteiger partial charge on any atom is 0.441 e. The molecule has 3 rings (SSSR count). The summed E-state index contributed by atoms with van der Waals surface area (Å²) >= 11 is -0.0184. The van der Waals surface area contributed by atoms with Crippen LogP contribution in [0.2, 0.25) is 0 Å². The van der Waals surface area contributed by atoms with Crippen LogP contribution in [0.25, 0.3) is 11.5 Å². The van der Waals surface area contributed by atoms with Crippen molar-refractivity contribution in [2.75, 3.05) is 12.3 Å². The van der Waals surface area contributed by atoms with Crippen molar-refractivity contribution in [1.29, 1.82) is 0 Å². The topological polar surface area (TPSA) is 47.7 Å². The van der Waals surface area contributed by atoms with Crippen LogP contribution in [0, 0.1) is 0 Å². The Morgan fingerprint density at radius 1 is 1.36 bits per heavy atom. The van der Waals surface area contributed by atoms with E-state index in [1.165, 1.54) is 0 Å². The molecule has 0 unspecified atom stereocenters. The van der Waals surface area contributed by atoms with Gasteiger partial charge in [0, 0.05) is 37.8 Å². The van der Waals surface area contributed by atoms with Crippen LogP contribution in [0.5, 0.6) is 0 Å². The van der Waals surface area contributed by atoms with Gasteiger partial charge in [0.1, 0.15) is 5.69 Å². The Morgan fingerprint density at radius 2 is 2.23 bits per heavy atom. The van der Waals surface area contributed by atoms with Crippen molar-refractivity contribution in [2.45, 2.75) is 31.6 Å². The first-order chi connectivity index (χ1) is 10.5. The predicted molar refractivity (Wildman–Crippen MR) is 78.3 cm³/mol. The molecule has 22 heavy (non-hydrogen) atoms. The molecule has 0 spiro atoms. The average molecular weight is 331 g/mol. The molecule has 1 aliphatic heterocycles. The van der Waals surface area contributed by atoms with Crippen LogP contribution in [0.1, 0.15) is 12.1 Å². The minimum atomic E-state index is -4.20. The van der Waals surface area contributed by atoms with Gasteiger partial charge in [0.05, 0.1) is 5.69 Å². The normalized spacial score (nSPS) is 15.6. The van der Waals surface area contributed by atoms with Gasteiger partial charge in [-0.1, -0.05) is 0 Å². The van der Waals surface area contributed by atoms with E-state index in [-0.39, 0.29) is 24.1 Å². The van der Waals surface area contributed by atoms with Crippen molar-refractivity contribution in [3.05, 3.63) is 24.2 Å². The molecule has 9 heteroatoms. The lowest BCUT2D eigenvalue weighted by Gasteiger charge is -2.08. The highest BCUT2D eigenvalue weighted by Gasteiger charge is 2.27. The van der Waals surface area contributed by atoms with E-state index < -0.39 is 5.51 Å². The third kappa shape index (κ3) is 3.64. The standard InChI is InChI=1S/C13H16F3N5S/c14-13(15,16)22-7-6-20-5-3-18-12(20)11-8-10-9-17-2-1-4-21(10)19-11/h3,5,8,17H,1-2,4,6-7,9H2. The van der Waals surface area contributed by atoms with Gasteiger partial charge in [-0.05, 0) is 30.8 Å². The van der Waals surface area contributed by atoms with Crippen molar-refractivity contribution in [3.63, 3.8) is 0 Å². The molecule has 0 atom stereocenters. The summed E-state index contributed by atoms with van der Waals surface area (Å²) < 4.78 is 40.3.